The number of aromatic amines is 1. The number of H-pyrrole nitrogens is 1. The molecule has 1 fully saturated rings. The molecule has 6 rings (SSSR count). The Morgan fingerprint density at radius 3 is 1.92 bits per heavy atom. The first-order chi connectivity index (χ1) is 30.0. The summed E-state index contributed by atoms with van der Waals surface area (Å²) in [7, 11) is 1.10. The van der Waals surface area contributed by atoms with E-state index in [4.69, 9.17) is 28.0 Å². The van der Waals surface area contributed by atoms with Gasteiger partial charge in [-0.05, 0) is 102 Å². The number of hydrogen-bond donors (Lipinski definition) is 3. The summed E-state index contributed by atoms with van der Waals surface area (Å²) in [5.74, 6) is -1.10. The molecular formula is C48H59N4O10P. The van der Waals surface area contributed by atoms with E-state index in [0.717, 1.165) is 16.7 Å². The predicted molar refractivity (Wildman–Crippen MR) is 242 cm³/mol. The Morgan fingerprint density at radius 1 is 0.873 bits per heavy atom. The molecule has 0 bridgehead atoms. The highest BCUT2D eigenvalue weighted by Gasteiger charge is 2.54. The van der Waals surface area contributed by atoms with Gasteiger partial charge in [-0.1, -0.05) is 72.8 Å². The van der Waals surface area contributed by atoms with Crippen molar-refractivity contribution in [3.63, 3.8) is 0 Å². The molecule has 0 radical (unpaired) electrons. The van der Waals surface area contributed by atoms with Gasteiger partial charge in [-0.15, -0.1) is 0 Å². The summed E-state index contributed by atoms with van der Waals surface area (Å²) >= 11 is 0. The summed E-state index contributed by atoms with van der Waals surface area (Å²) in [5, 5.41) is 16.1. The number of ether oxygens (including phenoxy) is 4. The first-order valence-corrected chi connectivity index (χ1v) is 22.1. The van der Waals surface area contributed by atoms with Crippen molar-refractivity contribution in [2.45, 2.75) is 96.2 Å². The number of hydrogen-bond acceptors (Lipinski definition) is 11. The SMILES string of the molecule is COc1ccc(C(OC[C@H]2O[C@@H](n3cc(C)c(=O)[nH]c3=O)C[C@@]2(O)OP(OCC(C)(C)NC(=O)c2ccccc2)N(C(C)C)C(C)C)(c2ccccc2)c2ccc(OC)cc2)cc1. The van der Waals surface area contributed by atoms with E-state index in [1.54, 1.807) is 45.4 Å². The van der Waals surface area contributed by atoms with Crippen LogP contribution >= 0.6 is 8.53 Å². The van der Waals surface area contributed by atoms with Crippen LogP contribution in [0.3, 0.4) is 0 Å². The van der Waals surface area contributed by atoms with Crippen LogP contribution in [0.15, 0.2) is 125 Å². The van der Waals surface area contributed by atoms with Crippen molar-refractivity contribution in [3.8, 4) is 11.5 Å². The number of aliphatic hydroxyl groups is 1. The third-order valence-electron chi connectivity index (χ3n) is 10.9. The number of aryl methyl sites for hydroxylation is 1. The van der Waals surface area contributed by atoms with Gasteiger partial charge in [0.25, 0.3) is 20.0 Å². The maximum absolute atomic E-state index is 13.4. The number of nitrogens with one attached hydrogen (secondary N) is 2. The third-order valence-corrected chi connectivity index (χ3v) is 13.0. The number of methoxy groups -OCH3 is 2. The summed E-state index contributed by atoms with van der Waals surface area (Å²) < 4.78 is 41.7. The van der Waals surface area contributed by atoms with Crippen molar-refractivity contribution < 1.29 is 37.9 Å². The molecule has 3 N–H and O–H groups in total. The van der Waals surface area contributed by atoms with Crippen molar-refractivity contribution in [2.24, 2.45) is 0 Å². The molecule has 336 valence electrons. The van der Waals surface area contributed by atoms with Crippen molar-refractivity contribution in [1.29, 1.82) is 0 Å². The van der Waals surface area contributed by atoms with Crippen molar-refractivity contribution in [2.75, 3.05) is 27.4 Å². The van der Waals surface area contributed by atoms with E-state index in [9.17, 15) is 19.5 Å². The van der Waals surface area contributed by atoms with Crippen LogP contribution in [0.4, 0.5) is 0 Å². The van der Waals surface area contributed by atoms with Crippen LogP contribution in [-0.2, 0) is 24.1 Å². The van der Waals surface area contributed by atoms with Crippen LogP contribution in [-0.4, -0.2) is 82.2 Å². The molecule has 1 unspecified atom stereocenters. The van der Waals surface area contributed by atoms with E-state index in [-0.39, 0.29) is 43.2 Å². The minimum atomic E-state index is -2.14. The molecule has 2 heterocycles. The first kappa shape index (κ1) is 47.3. The van der Waals surface area contributed by atoms with Gasteiger partial charge in [0.1, 0.15) is 29.4 Å². The number of nitrogens with zero attached hydrogens (tertiary/aromatic N) is 2. The fourth-order valence-corrected chi connectivity index (χ4v) is 9.63. The smallest absolute Gasteiger partial charge is 0.330 e. The van der Waals surface area contributed by atoms with Gasteiger partial charge in [-0.25, -0.2) is 9.46 Å². The Hall–Kier alpha value is -5.18. The zero-order chi connectivity index (χ0) is 45.5. The largest absolute Gasteiger partial charge is 0.497 e. The molecule has 4 aromatic carbocycles. The molecule has 1 saturated heterocycles. The minimum absolute atomic E-state index is 0.0133. The normalized spacial score (nSPS) is 18.5. The second kappa shape index (κ2) is 20.1. The summed E-state index contributed by atoms with van der Waals surface area (Å²) in [6.07, 6.45) is -1.16. The van der Waals surface area contributed by atoms with E-state index >= 15 is 0 Å². The molecule has 1 amide bonds. The lowest BCUT2D eigenvalue weighted by molar-refractivity contribution is -0.201. The van der Waals surface area contributed by atoms with Crippen LogP contribution in [0, 0.1) is 6.92 Å². The number of aromatic nitrogens is 2. The fourth-order valence-electron chi connectivity index (χ4n) is 7.70. The van der Waals surface area contributed by atoms with E-state index < -0.39 is 49.0 Å². The maximum Gasteiger partial charge on any atom is 0.330 e. The monoisotopic (exact) mass is 882 g/mol. The average Bonchev–Trinajstić information content (AvgIpc) is 3.59. The molecular weight excluding hydrogens is 824 g/mol. The molecule has 63 heavy (non-hydrogen) atoms. The van der Waals surface area contributed by atoms with Gasteiger partial charge in [0.05, 0.1) is 39.4 Å². The summed E-state index contributed by atoms with van der Waals surface area (Å²) in [5.41, 5.74) is -0.343. The van der Waals surface area contributed by atoms with E-state index in [2.05, 4.69) is 10.3 Å². The highest BCUT2D eigenvalue weighted by molar-refractivity contribution is 7.44. The van der Waals surface area contributed by atoms with Gasteiger partial charge < -0.3 is 33.9 Å². The van der Waals surface area contributed by atoms with Gasteiger partial charge in [0, 0.05) is 29.4 Å². The van der Waals surface area contributed by atoms with Crippen molar-refractivity contribution in [1.82, 2.24) is 19.5 Å². The van der Waals surface area contributed by atoms with Crippen LogP contribution in [0.5, 0.6) is 11.5 Å². The lowest BCUT2D eigenvalue weighted by atomic mass is 9.80. The minimum Gasteiger partial charge on any atom is -0.497 e. The fraction of sp³-hybridized carbons (Fsp3) is 0.396. The van der Waals surface area contributed by atoms with Crippen molar-refractivity contribution in [3.05, 3.63) is 164 Å². The highest BCUT2D eigenvalue weighted by atomic mass is 31.2. The Morgan fingerprint density at radius 2 is 1.40 bits per heavy atom. The lowest BCUT2D eigenvalue weighted by Crippen LogP contribution is -2.49. The topological polar surface area (TPSA) is 163 Å². The summed E-state index contributed by atoms with van der Waals surface area (Å²) in [6, 6.07) is 33.5. The molecule has 5 aromatic rings. The average molecular weight is 883 g/mol. The van der Waals surface area contributed by atoms with Gasteiger partial charge in [-0.3, -0.25) is 23.7 Å². The number of carbonyl (C=O) groups is 1. The summed E-state index contributed by atoms with van der Waals surface area (Å²) in [6.45, 7) is 13.0. The van der Waals surface area contributed by atoms with E-state index in [1.807, 2.05) is 131 Å². The molecule has 15 heteroatoms. The third kappa shape index (κ3) is 10.8. The molecule has 0 spiro atoms. The number of rotatable bonds is 19. The summed E-state index contributed by atoms with van der Waals surface area (Å²) in [4.78, 5) is 41.5. The second-order valence-electron chi connectivity index (χ2n) is 16.8. The molecule has 0 saturated carbocycles. The standard InChI is InChI=1S/C48H59N4O10P/c1-32(2)52(33(3)4)63(60-31-46(6,7)50-44(54)35-16-12-10-13-17-35)62-47(56)28-42(51-29-34(5)43(53)49-45(51)55)61-41(47)30-59-48(36-18-14-11-15-19-36,37-20-24-39(57-8)25-21-37)38-22-26-40(58-9)27-23-38/h10-27,29,32-33,41-42,56H,28,30-31H2,1-9H3,(H,50,54)(H,49,53,55)/t41-,42-,47-,63?/m1/s1. The molecule has 1 aliphatic rings. The highest BCUT2D eigenvalue weighted by Crippen LogP contribution is 2.54. The number of carbonyl (C=O) groups excluding carboxylic acids is 1. The van der Waals surface area contributed by atoms with E-state index in [0.29, 0.717) is 17.1 Å². The zero-order valence-corrected chi connectivity index (χ0v) is 38.3. The van der Waals surface area contributed by atoms with Crippen LogP contribution in [0.2, 0.25) is 0 Å². The van der Waals surface area contributed by atoms with Crippen LogP contribution < -0.4 is 26.0 Å². The van der Waals surface area contributed by atoms with Gasteiger partial charge in [0.15, 0.2) is 0 Å². The number of benzene rings is 4. The van der Waals surface area contributed by atoms with Gasteiger partial charge >= 0.3 is 5.69 Å². The van der Waals surface area contributed by atoms with Crippen LogP contribution in [0.25, 0.3) is 0 Å². The maximum atomic E-state index is 13.4. The predicted octanol–water partition coefficient (Wildman–Crippen LogP) is 7.43. The lowest BCUT2D eigenvalue weighted by Gasteiger charge is -2.42. The molecule has 1 aromatic heterocycles. The molecule has 4 atom stereocenters. The van der Waals surface area contributed by atoms with Gasteiger partial charge in [0.2, 0.25) is 5.79 Å². The Kier molecular flexibility index (Phi) is 15.1. The molecule has 1 aliphatic heterocycles. The van der Waals surface area contributed by atoms with Crippen LogP contribution in [0.1, 0.15) is 86.8 Å². The Bertz CT molecular complexity index is 2340. The first-order valence-electron chi connectivity index (χ1n) is 21.0. The second-order valence-corrected chi connectivity index (χ2v) is 18.2. The van der Waals surface area contributed by atoms with Gasteiger partial charge in [-0.2, -0.15) is 0 Å². The zero-order valence-electron chi connectivity index (χ0n) is 37.4. The van der Waals surface area contributed by atoms with E-state index in [1.165, 1.54) is 10.8 Å². The van der Waals surface area contributed by atoms with Crippen molar-refractivity contribution >= 4 is 14.4 Å². The molecule has 0 aliphatic carbocycles. The Balaban J connectivity index is 1.43. The number of amides is 1. The Labute approximate surface area is 370 Å². The molecule has 14 nitrogen and oxygen atoms in total. The quantitative estimate of drug-likeness (QED) is 0.0430.